The molecule has 4 saturated carbocycles. The van der Waals surface area contributed by atoms with Crippen LogP contribution in [0.4, 0.5) is 5.69 Å². The highest BCUT2D eigenvalue weighted by Gasteiger charge is 2.51. The first kappa shape index (κ1) is 16.9. The smallest absolute Gasteiger partial charge is 0.224 e. The molecule has 2 aromatic carbocycles. The fraction of sp³-hybridized carbons (Fsp3) is 0.458. The Balaban J connectivity index is 1.20. The van der Waals surface area contributed by atoms with E-state index in [1.807, 2.05) is 54.6 Å². The number of carbonyl (C=O) groups excluding carboxylic acids is 1. The van der Waals surface area contributed by atoms with Gasteiger partial charge in [0.15, 0.2) is 0 Å². The minimum atomic E-state index is 0.175. The zero-order valence-corrected chi connectivity index (χ0v) is 15.7. The van der Waals surface area contributed by atoms with Gasteiger partial charge in [-0.05, 0) is 98.1 Å². The molecule has 3 nitrogen and oxygen atoms in total. The predicted molar refractivity (Wildman–Crippen MR) is 107 cm³/mol. The second-order valence-electron chi connectivity index (χ2n) is 9.08. The van der Waals surface area contributed by atoms with Gasteiger partial charge in [0.05, 0.1) is 0 Å². The van der Waals surface area contributed by atoms with Crippen LogP contribution in [0.15, 0.2) is 54.6 Å². The van der Waals surface area contributed by atoms with E-state index in [0.717, 1.165) is 34.9 Å². The Hall–Kier alpha value is -2.29. The van der Waals surface area contributed by atoms with Gasteiger partial charge < -0.3 is 10.1 Å². The van der Waals surface area contributed by atoms with Crippen LogP contribution in [0, 0.1) is 23.2 Å². The lowest BCUT2D eigenvalue weighted by Crippen LogP contribution is -2.47. The van der Waals surface area contributed by atoms with Gasteiger partial charge >= 0.3 is 0 Å². The zero-order valence-electron chi connectivity index (χ0n) is 15.7. The van der Waals surface area contributed by atoms with E-state index in [0.29, 0.717) is 6.42 Å². The van der Waals surface area contributed by atoms with Gasteiger partial charge in [-0.25, -0.2) is 0 Å². The topological polar surface area (TPSA) is 38.3 Å². The predicted octanol–water partition coefficient (Wildman–Crippen LogP) is 6.02. The molecule has 4 aliphatic carbocycles. The maximum absolute atomic E-state index is 12.7. The second-order valence-corrected chi connectivity index (χ2v) is 9.08. The van der Waals surface area contributed by atoms with Gasteiger partial charge in [-0.1, -0.05) is 18.2 Å². The van der Waals surface area contributed by atoms with Crippen molar-refractivity contribution in [3.8, 4) is 11.5 Å². The Morgan fingerprint density at radius 1 is 0.852 bits per heavy atom. The number of carbonyl (C=O) groups is 1. The molecule has 2 aromatic rings. The van der Waals surface area contributed by atoms with Crippen LogP contribution in [-0.4, -0.2) is 5.91 Å². The summed E-state index contributed by atoms with van der Waals surface area (Å²) in [6.07, 6.45) is 8.78. The number of ether oxygens (including phenoxy) is 1. The minimum absolute atomic E-state index is 0.175. The maximum atomic E-state index is 12.7. The molecule has 4 fully saturated rings. The van der Waals surface area contributed by atoms with Crippen LogP contribution in [0.2, 0.25) is 0 Å². The quantitative estimate of drug-likeness (QED) is 0.707. The van der Waals surface area contributed by atoms with E-state index in [1.54, 1.807) is 0 Å². The summed E-state index contributed by atoms with van der Waals surface area (Å²) in [6, 6.07) is 17.4. The van der Waals surface area contributed by atoms with Gasteiger partial charge in [-0.2, -0.15) is 0 Å². The van der Waals surface area contributed by atoms with E-state index in [4.69, 9.17) is 4.74 Å². The van der Waals surface area contributed by atoms with E-state index in [2.05, 4.69) is 5.32 Å². The van der Waals surface area contributed by atoms with Crippen molar-refractivity contribution in [3.63, 3.8) is 0 Å². The summed E-state index contributed by atoms with van der Waals surface area (Å²) in [4.78, 5) is 12.7. The van der Waals surface area contributed by atoms with Crippen LogP contribution in [0.1, 0.15) is 44.9 Å². The largest absolute Gasteiger partial charge is 0.457 e. The number of rotatable bonds is 5. The van der Waals surface area contributed by atoms with Gasteiger partial charge in [-0.15, -0.1) is 0 Å². The third-order valence-electron chi connectivity index (χ3n) is 6.82. The van der Waals surface area contributed by atoms with Crippen molar-refractivity contribution in [1.29, 1.82) is 0 Å². The molecule has 3 heteroatoms. The first-order valence-corrected chi connectivity index (χ1v) is 10.3. The molecule has 6 rings (SSSR count). The molecule has 0 aromatic heterocycles. The summed E-state index contributed by atoms with van der Waals surface area (Å²) in [5, 5.41) is 3.11. The highest BCUT2D eigenvalue weighted by Crippen LogP contribution is 2.61. The van der Waals surface area contributed by atoms with Crippen molar-refractivity contribution < 1.29 is 9.53 Å². The lowest BCUT2D eigenvalue weighted by atomic mass is 9.49. The lowest BCUT2D eigenvalue weighted by molar-refractivity contribution is -0.124. The fourth-order valence-corrected chi connectivity index (χ4v) is 6.28. The zero-order chi connectivity index (χ0) is 18.3. The number of hydrogen-bond donors (Lipinski definition) is 1. The molecule has 140 valence electrons. The Morgan fingerprint density at radius 2 is 1.41 bits per heavy atom. The van der Waals surface area contributed by atoms with Crippen LogP contribution >= 0.6 is 0 Å². The molecule has 0 heterocycles. The summed E-state index contributed by atoms with van der Waals surface area (Å²) in [6.45, 7) is 0. The first-order valence-electron chi connectivity index (χ1n) is 10.3. The van der Waals surface area contributed by atoms with Crippen LogP contribution in [0.25, 0.3) is 0 Å². The van der Waals surface area contributed by atoms with Gasteiger partial charge in [0.25, 0.3) is 0 Å². The Bertz CT molecular complexity index is 777. The van der Waals surface area contributed by atoms with E-state index in [9.17, 15) is 4.79 Å². The average Bonchev–Trinajstić information content (AvgIpc) is 2.62. The van der Waals surface area contributed by atoms with Crippen LogP contribution in [-0.2, 0) is 4.79 Å². The molecule has 1 N–H and O–H groups in total. The summed E-state index contributed by atoms with van der Waals surface area (Å²) in [7, 11) is 0. The molecule has 0 aliphatic heterocycles. The molecule has 1 amide bonds. The summed E-state index contributed by atoms with van der Waals surface area (Å²) < 4.78 is 5.82. The Kier molecular flexibility index (Phi) is 4.18. The molecule has 4 bridgehead atoms. The maximum Gasteiger partial charge on any atom is 0.224 e. The normalized spacial score (nSPS) is 30.9. The van der Waals surface area contributed by atoms with Crippen molar-refractivity contribution in [2.24, 2.45) is 23.2 Å². The van der Waals surface area contributed by atoms with Crippen molar-refractivity contribution in [2.45, 2.75) is 44.9 Å². The number of para-hydroxylation sites is 1. The van der Waals surface area contributed by atoms with Crippen LogP contribution in [0.3, 0.4) is 0 Å². The molecule has 0 radical (unpaired) electrons. The molecule has 0 spiro atoms. The molecule has 0 saturated heterocycles. The number of amides is 1. The highest BCUT2D eigenvalue weighted by atomic mass is 16.5. The number of benzene rings is 2. The monoisotopic (exact) mass is 361 g/mol. The molecule has 0 atom stereocenters. The van der Waals surface area contributed by atoms with E-state index in [1.165, 1.54) is 38.5 Å². The van der Waals surface area contributed by atoms with E-state index < -0.39 is 0 Å². The Morgan fingerprint density at radius 3 is 2.00 bits per heavy atom. The second kappa shape index (κ2) is 6.70. The number of anilines is 1. The van der Waals surface area contributed by atoms with Crippen molar-refractivity contribution in [2.75, 3.05) is 5.32 Å². The molecular formula is C24H27NO2. The molecular weight excluding hydrogens is 334 g/mol. The SMILES string of the molecule is O=C(CC12CC3CC(CC(C3)C1)C2)Nc1ccc(Oc2ccccc2)cc1. The number of hydrogen-bond acceptors (Lipinski definition) is 2. The summed E-state index contributed by atoms with van der Waals surface area (Å²) in [5.74, 6) is 4.43. The van der Waals surface area contributed by atoms with Crippen molar-refractivity contribution in [1.82, 2.24) is 0 Å². The summed E-state index contributed by atoms with van der Waals surface area (Å²) >= 11 is 0. The van der Waals surface area contributed by atoms with E-state index in [-0.39, 0.29) is 11.3 Å². The van der Waals surface area contributed by atoms with Crippen molar-refractivity contribution in [3.05, 3.63) is 54.6 Å². The third kappa shape index (κ3) is 3.60. The van der Waals surface area contributed by atoms with Gasteiger partial charge in [-0.3, -0.25) is 4.79 Å². The van der Waals surface area contributed by atoms with E-state index >= 15 is 0 Å². The van der Waals surface area contributed by atoms with Crippen LogP contribution in [0.5, 0.6) is 11.5 Å². The molecule has 0 unspecified atom stereocenters. The van der Waals surface area contributed by atoms with Gasteiger partial charge in [0, 0.05) is 12.1 Å². The first-order chi connectivity index (χ1) is 13.2. The summed E-state index contributed by atoms with van der Waals surface area (Å²) in [5.41, 5.74) is 1.14. The lowest BCUT2D eigenvalue weighted by Gasteiger charge is -2.56. The minimum Gasteiger partial charge on any atom is -0.457 e. The van der Waals surface area contributed by atoms with Gasteiger partial charge in [0.1, 0.15) is 11.5 Å². The molecule has 4 aliphatic rings. The van der Waals surface area contributed by atoms with Crippen LogP contribution < -0.4 is 10.1 Å². The molecule has 27 heavy (non-hydrogen) atoms. The Labute approximate surface area is 161 Å². The number of nitrogens with one attached hydrogen (secondary N) is 1. The third-order valence-corrected chi connectivity index (χ3v) is 6.82. The average molecular weight is 361 g/mol. The van der Waals surface area contributed by atoms with Gasteiger partial charge in [0.2, 0.25) is 5.91 Å². The standard InChI is InChI=1S/C24H27NO2/c26-23(16-24-13-17-10-18(14-24)12-19(11-17)15-24)25-20-6-8-22(9-7-20)27-21-4-2-1-3-5-21/h1-9,17-19H,10-16H2,(H,25,26). The van der Waals surface area contributed by atoms with Crippen molar-refractivity contribution >= 4 is 11.6 Å². The highest BCUT2D eigenvalue weighted by molar-refractivity contribution is 5.91. The fourth-order valence-electron chi connectivity index (χ4n) is 6.28.